The smallest absolute Gasteiger partial charge is 0.253 e. The number of hydrogen-bond donors (Lipinski definition) is 0. The number of pyridine rings is 1. The second-order valence-electron chi connectivity index (χ2n) is 10.1. The first-order chi connectivity index (χ1) is 16.9. The Hall–Kier alpha value is -3.10. The van der Waals surface area contributed by atoms with Gasteiger partial charge in [0.1, 0.15) is 6.10 Å². The number of amides is 1. The number of aromatic nitrogens is 1. The highest BCUT2D eigenvalue weighted by atomic mass is 16.7. The molecule has 4 aliphatic rings. The number of carbonyl (C=O) groups excluding carboxylic acids is 1. The number of piperidine rings is 1. The zero-order valence-corrected chi connectivity index (χ0v) is 20.6. The molecule has 0 N–H and O–H groups in total. The van der Waals surface area contributed by atoms with Crippen LogP contribution in [0, 0.1) is 5.92 Å². The van der Waals surface area contributed by atoms with Crippen molar-refractivity contribution in [2.24, 2.45) is 5.92 Å². The predicted octanol–water partition coefficient (Wildman–Crippen LogP) is 2.66. The van der Waals surface area contributed by atoms with Crippen LogP contribution in [0.1, 0.15) is 27.9 Å². The van der Waals surface area contributed by atoms with Crippen molar-refractivity contribution in [1.82, 2.24) is 14.8 Å². The van der Waals surface area contributed by atoms with E-state index in [1.165, 1.54) is 11.1 Å². The van der Waals surface area contributed by atoms with E-state index >= 15 is 0 Å². The van der Waals surface area contributed by atoms with E-state index in [0.29, 0.717) is 29.2 Å². The molecule has 2 aliphatic carbocycles. The average molecular weight is 478 g/mol. The molecule has 0 saturated carbocycles. The second-order valence-corrected chi connectivity index (χ2v) is 10.1. The van der Waals surface area contributed by atoms with Gasteiger partial charge in [-0.05, 0) is 50.2 Å². The predicted molar refractivity (Wildman–Crippen MR) is 129 cm³/mol. The Morgan fingerprint density at radius 2 is 2.14 bits per heavy atom. The summed E-state index contributed by atoms with van der Waals surface area (Å²) in [4.78, 5) is 20.9. The molecule has 2 bridgehead atoms. The van der Waals surface area contributed by atoms with Crippen molar-refractivity contribution >= 4 is 5.91 Å². The number of likely N-dealkylation sites (tertiary alicyclic amines) is 1. The van der Waals surface area contributed by atoms with Gasteiger partial charge < -0.3 is 28.7 Å². The largest absolute Gasteiger partial charge is 0.481 e. The number of methoxy groups -OCH3 is 1. The minimum Gasteiger partial charge on any atom is -0.481 e. The average Bonchev–Trinajstić information content (AvgIpc) is 3.21. The van der Waals surface area contributed by atoms with Gasteiger partial charge in [0.15, 0.2) is 24.4 Å². The molecule has 8 nitrogen and oxygen atoms in total. The molecule has 3 heterocycles. The van der Waals surface area contributed by atoms with Crippen LogP contribution in [0.25, 0.3) is 0 Å². The fourth-order valence-corrected chi connectivity index (χ4v) is 6.55. The molecule has 1 aromatic heterocycles. The minimum absolute atomic E-state index is 0.0883. The van der Waals surface area contributed by atoms with Gasteiger partial charge >= 0.3 is 0 Å². The molecular weight excluding hydrogens is 446 g/mol. The van der Waals surface area contributed by atoms with Crippen LogP contribution in [0.3, 0.4) is 0 Å². The quantitative estimate of drug-likeness (QED) is 0.468. The number of likely N-dealkylation sites (N-methyl/N-ethyl adjacent to an activating group) is 1. The molecule has 8 heteroatoms. The number of hydrogen-bond acceptors (Lipinski definition) is 7. The van der Waals surface area contributed by atoms with E-state index in [-0.39, 0.29) is 30.3 Å². The maximum absolute atomic E-state index is 12.5. The molecule has 1 spiro atoms. The number of rotatable bonds is 6. The summed E-state index contributed by atoms with van der Waals surface area (Å²) in [6.07, 6.45) is 7.45. The van der Waals surface area contributed by atoms with Gasteiger partial charge in [-0.25, -0.2) is 4.98 Å². The summed E-state index contributed by atoms with van der Waals surface area (Å²) in [7, 11) is 7.30. The molecule has 1 saturated heterocycles. The Bertz CT molecular complexity index is 1200. The summed E-state index contributed by atoms with van der Waals surface area (Å²) in [6.45, 7) is 1.16. The molecule has 0 unspecified atom stereocenters. The lowest BCUT2D eigenvalue weighted by Crippen LogP contribution is -2.65. The van der Waals surface area contributed by atoms with Crippen molar-refractivity contribution in [3.8, 4) is 17.4 Å². The Balaban J connectivity index is 1.41. The van der Waals surface area contributed by atoms with E-state index < -0.39 is 0 Å². The van der Waals surface area contributed by atoms with Gasteiger partial charge in [-0.3, -0.25) is 4.79 Å². The van der Waals surface area contributed by atoms with Crippen LogP contribution in [0.4, 0.5) is 0 Å². The molecule has 6 rings (SSSR count). The third-order valence-electron chi connectivity index (χ3n) is 8.09. The van der Waals surface area contributed by atoms with E-state index in [0.717, 1.165) is 25.1 Å². The molecule has 1 fully saturated rings. The van der Waals surface area contributed by atoms with Crippen LogP contribution in [0.15, 0.2) is 42.6 Å². The van der Waals surface area contributed by atoms with E-state index in [9.17, 15) is 4.79 Å². The highest BCUT2D eigenvalue weighted by molar-refractivity contribution is 5.94. The lowest BCUT2D eigenvalue weighted by atomic mass is 9.53. The minimum atomic E-state index is -0.346. The molecule has 184 valence electrons. The first-order valence-corrected chi connectivity index (χ1v) is 12.1. The van der Waals surface area contributed by atoms with Gasteiger partial charge in [0.05, 0.1) is 0 Å². The summed E-state index contributed by atoms with van der Waals surface area (Å²) in [5.41, 5.74) is 2.95. The van der Waals surface area contributed by atoms with Gasteiger partial charge in [-0.15, -0.1) is 0 Å². The number of benzene rings is 1. The van der Waals surface area contributed by atoms with E-state index in [1.807, 2.05) is 6.07 Å². The van der Waals surface area contributed by atoms with Crippen molar-refractivity contribution < 1.29 is 23.7 Å². The monoisotopic (exact) mass is 477 g/mol. The number of carbonyl (C=O) groups is 1. The summed E-state index contributed by atoms with van der Waals surface area (Å²) in [5, 5.41) is 0. The highest BCUT2D eigenvalue weighted by Gasteiger charge is 2.65. The van der Waals surface area contributed by atoms with Crippen LogP contribution in [-0.4, -0.2) is 80.5 Å². The molecule has 2 aromatic rings. The van der Waals surface area contributed by atoms with Gasteiger partial charge in [0.25, 0.3) is 5.91 Å². The number of ether oxygens (including phenoxy) is 4. The summed E-state index contributed by atoms with van der Waals surface area (Å²) in [6, 6.07) is 8.01. The van der Waals surface area contributed by atoms with Crippen LogP contribution < -0.4 is 14.2 Å². The first-order valence-electron chi connectivity index (χ1n) is 12.1. The molecule has 1 amide bonds. The molecule has 1 aromatic carbocycles. The molecule has 0 radical (unpaired) electrons. The van der Waals surface area contributed by atoms with Gasteiger partial charge in [-0.2, -0.15) is 0 Å². The van der Waals surface area contributed by atoms with Crippen molar-refractivity contribution in [3.05, 3.63) is 59.3 Å². The fourth-order valence-electron chi connectivity index (χ4n) is 6.55. The van der Waals surface area contributed by atoms with E-state index in [1.54, 1.807) is 44.4 Å². The zero-order chi connectivity index (χ0) is 24.3. The molecule has 2 aliphatic heterocycles. The molecule has 35 heavy (non-hydrogen) atoms. The summed E-state index contributed by atoms with van der Waals surface area (Å²) >= 11 is 0. The first kappa shape index (κ1) is 22.4. The molecule has 5 atom stereocenters. The highest BCUT2D eigenvalue weighted by Crippen LogP contribution is 2.62. The lowest BCUT2D eigenvalue weighted by molar-refractivity contribution is -0.0397. The van der Waals surface area contributed by atoms with Gasteiger partial charge in [0.2, 0.25) is 5.88 Å². The van der Waals surface area contributed by atoms with Crippen molar-refractivity contribution in [3.63, 3.8) is 0 Å². The standard InChI is InChI=1S/C27H31N3O5/c1-29(2)26(31)17-9-11-28-22(14-17)34-21-8-6-18-19-13-16-5-7-20(33-15-32-4)24-23(16)27(18,25(21)35-24)10-12-30(19)3/h5-9,11,14,18-19,21,25H,10,12-13,15H2,1-4H3/t18-,19+,21-,25-,27-/m0/s1. The van der Waals surface area contributed by atoms with E-state index in [4.69, 9.17) is 18.9 Å². The van der Waals surface area contributed by atoms with Gasteiger partial charge in [-0.1, -0.05) is 12.1 Å². The fraction of sp³-hybridized carbons (Fsp3) is 0.481. The third-order valence-corrected chi connectivity index (χ3v) is 8.09. The Labute approximate surface area is 205 Å². The van der Waals surface area contributed by atoms with Gasteiger partial charge in [0, 0.05) is 62.0 Å². The van der Waals surface area contributed by atoms with E-state index in [2.05, 4.69) is 35.1 Å². The summed E-state index contributed by atoms with van der Waals surface area (Å²) in [5.74, 6) is 2.18. The topological polar surface area (TPSA) is 73.4 Å². The maximum atomic E-state index is 12.5. The Kier molecular flexibility index (Phi) is 5.27. The summed E-state index contributed by atoms with van der Waals surface area (Å²) < 4.78 is 24.3. The van der Waals surface area contributed by atoms with Crippen molar-refractivity contribution in [2.75, 3.05) is 41.6 Å². The van der Waals surface area contributed by atoms with Crippen molar-refractivity contribution in [2.45, 2.75) is 36.5 Å². The van der Waals surface area contributed by atoms with Crippen LogP contribution in [0.2, 0.25) is 0 Å². The zero-order valence-electron chi connectivity index (χ0n) is 20.6. The molecular formula is C27H31N3O5. The Morgan fingerprint density at radius 1 is 1.29 bits per heavy atom. The third kappa shape index (κ3) is 3.27. The SMILES string of the molecule is COCOc1ccc2c3c1O[C@H]1[C@@H](Oc4cc(C(=O)N(C)C)ccn4)C=C[C@H]4[C@@H](C2)N(C)CC[C@@]341. The number of nitrogens with zero attached hydrogens (tertiary/aromatic N) is 3. The van der Waals surface area contributed by atoms with Crippen LogP contribution in [0.5, 0.6) is 17.4 Å². The maximum Gasteiger partial charge on any atom is 0.253 e. The van der Waals surface area contributed by atoms with Crippen LogP contribution in [-0.2, 0) is 16.6 Å². The van der Waals surface area contributed by atoms with Crippen molar-refractivity contribution in [1.29, 1.82) is 0 Å². The lowest BCUT2D eigenvalue weighted by Gasteiger charge is -2.56. The van der Waals surface area contributed by atoms with Crippen LogP contribution >= 0.6 is 0 Å². The second kappa shape index (κ2) is 8.24. The Morgan fingerprint density at radius 3 is 2.94 bits per heavy atom. The normalized spacial score (nSPS) is 29.8.